The molecule has 0 unspecified atom stereocenters. The molecule has 1 aromatic heterocycles. The second kappa shape index (κ2) is 11.2. The van der Waals surface area contributed by atoms with Gasteiger partial charge in [0.05, 0.1) is 23.9 Å². The fourth-order valence-corrected chi connectivity index (χ4v) is 5.86. The first-order valence-electron chi connectivity index (χ1n) is 12.6. The first-order valence-corrected chi connectivity index (χ1v) is 16.4. The summed E-state index contributed by atoms with van der Waals surface area (Å²) in [4.78, 5) is 15.2. The molecule has 4 nitrogen and oxygen atoms in total. The van der Waals surface area contributed by atoms with Crippen LogP contribution >= 0.6 is 11.3 Å². The van der Waals surface area contributed by atoms with Crippen LogP contribution in [0.15, 0.2) is 66.3 Å². The monoisotopic (exact) mass is 519 g/mol. The Bertz CT molecular complexity index is 1280. The number of benzene rings is 2. The van der Waals surface area contributed by atoms with Crippen LogP contribution in [0.3, 0.4) is 0 Å². The number of hydrogen-bond acceptors (Lipinski definition) is 5. The van der Waals surface area contributed by atoms with Crippen LogP contribution in [0, 0.1) is 0 Å². The van der Waals surface area contributed by atoms with Gasteiger partial charge in [-0.05, 0) is 90.9 Å². The lowest BCUT2D eigenvalue weighted by Crippen LogP contribution is -2.39. The van der Waals surface area contributed by atoms with Crippen molar-refractivity contribution < 1.29 is 14.3 Å². The average Bonchev–Trinajstić information content (AvgIpc) is 3.29. The molecule has 6 heteroatoms. The molecule has 1 aliphatic carbocycles. The van der Waals surface area contributed by atoms with E-state index in [0.717, 1.165) is 58.0 Å². The maximum atomic E-state index is 10.4. The van der Waals surface area contributed by atoms with Crippen molar-refractivity contribution in [1.29, 1.82) is 0 Å². The molecule has 0 fully saturated rings. The Morgan fingerprint density at radius 3 is 2.44 bits per heavy atom. The largest absolute Gasteiger partial charge is 0.497 e. The number of ether oxygens (including phenoxy) is 2. The summed E-state index contributed by atoms with van der Waals surface area (Å²) in [5, 5.41) is 1.09. The van der Waals surface area contributed by atoms with Crippen molar-refractivity contribution in [3.05, 3.63) is 76.8 Å². The van der Waals surface area contributed by atoms with Gasteiger partial charge < -0.3 is 14.3 Å². The number of methoxy groups -OCH3 is 1. The molecule has 0 saturated heterocycles. The maximum Gasteiger partial charge on any atom is 0.188 e. The van der Waals surface area contributed by atoms with E-state index in [1.165, 1.54) is 11.1 Å². The van der Waals surface area contributed by atoms with E-state index < -0.39 is 8.32 Å². The summed E-state index contributed by atoms with van der Waals surface area (Å²) in [6.45, 7) is 9.03. The number of thiazole rings is 1. The van der Waals surface area contributed by atoms with E-state index in [1.807, 2.05) is 37.4 Å². The number of rotatable bonds is 10. The Labute approximate surface area is 220 Å². The number of hydrogen-bond donors (Lipinski definition) is 1. The van der Waals surface area contributed by atoms with Gasteiger partial charge in [0.15, 0.2) is 8.32 Å². The fraction of sp³-hybridized carbons (Fsp3) is 0.367. The quantitative estimate of drug-likeness (QED) is 0.216. The van der Waals surface area contributed by atoms with Crippen LogP contribution in [0.5, 0.6) is 11.5 Å². The third-order valence-electron chi connectivity index (χ3n) is 7.29. The third kappa shape index (κ3) is 6.55. The molecular formula is C30H37NO3SSi. The molecule has 3 aromatic rings. The highest BCUT2D eigenvalue weighted by atomic mass is 32.1. The Kier molecular flexibility index (Phi) is 8.18. The van der Waals surface area contributed by atoms with Gasteiger partial charge >= 0.3 is 0 Å². The Balaban J connectivity index is 1.30. The summed E-state index contributed by atoms with van der Waals surface area (Å²) in [6, 6.07) is 14.3. The molecule has 0 radical (unpaired) electrons. The maximum absolute atomic E-state index is 10.4. The van der Waals surface area contributed by atoms with Gasteiger partial charge in [-0.1, -0.05) is 50.3 Å². The molecule has 0 aliphatic heterocycles. The zero-order chi connectivity index (χ0) is 25.8. The fourth-order valence-electron chi connectivity index (χ4n) is 4.03. The highest BCUT2D eigenvalue weighted by molar-refractivity contribution is 7.19. The van der Waals surface area contributed by atoms with Crippen LogP contribution in [0.1, 0.15) is 50.1 Å². The summed E-state index contributed by atoms with van der Waals surface area (Å²) in [5.41, 5.74) is 4.80. The van der Waals surface area contributed by atoms with Gasteiger partial charge in [-0.25, -0.2) is 4.98 Å². The molecule has 0 atom stereocenters. The molecule has 190 valence electrons. The van der Waals surface area contributed by atoms with Gasteiger partial charge in [0.25, 0.3) is 0 Å². The van der Waals surface area contributed by atoms with Crippen molar-refractivity contribution in [2.75, 3.05) is 13.7 Å². The van der Waals surface area contributed by atoms with Gasteiger partial charge in [-0.3, -0.25) is 0 Å². The van der Waals surface area contributed by atoms with Crippen LogP contribution < -0.4 is 9.47 Å². The van der Waals surface area contributed by atoms with E-state index in [-0.39, 0.29) is 5.04 Å². The van der Waals surface area contributed by atoms with Gasteiger partial charge in [-0.15, -0.1) is 11.3 Å². The Morgan fingerprint density at radius 1 is 1.03 bits per heavy atom. The van der Waals surface area contributed by atoms with Gasteiger partial charge in [0.1, 0.15) is 16.5 Å². The first-order chi connectivity index (χ1) is 17.1. The van der Waals surface area contributed by atoms with Crippen molar-refractivity contribution in [3.8, 4) is 11.5 Å². The number of fused-ring (bicyclic) bond motifs is 1. The van der Waals surface area contributed by atoms with Crippen molar-refractivity contribution in [3.63, 3.8) is 0 Å². The van der Waals surface area contributed by atoms with E-state index in [1.54, 1.807) is 18.4 Å². The lowest BCUT2D eigenvalue weighted by atomic mass is 9.98. The standard InChI is InChI=1S/C30H37NO3SSi/c1-30(2,36(4,5)32)19-6-20-34-25-15-11-23(12-16-25)8-7-22-9-13-24(14-10-22)29-31-27-18-17-26(33-3)21-28(27)35-29/h7-9,11-13,15-18,21,32H,6,10,14,19-20H2,1-5H3/b8-7+. The minimum Gasteiger partial charge on any atom is -0.497 e. The van der Waals surface area contributed by atoms with Crippen LogP contribution in [0.4, 0.5) is 0 Å². The van der Waals surface area contributed by atoms with Crippen molar-refractivity contribution in [2.45, 2.75) is 57.7 Å². The lowest BCUT2D eigenvalue weighted by Gasteiger charge is -2.35. The first kappa shape index (κ1) is 26.4. The molecule has 2 aromatic carbocycles. The van der Waals surface area contributed by atoms with E-state index in [4.69, 9.17) is 14.5 Å². The molecule has 1 N–H and O–H groups in total. The average molecular weight is 520 g/mol. The zero-order valence-electron chi connectivity index (χ0n) is 22.0. The van der Waals surface area contributed by atoms with Crippen LogP contribution in [-0.4, -0.2) is 31.8 Å². The normalized spacial score (nSPS) is 14.7. The minimum absolute atomic E-state index is 0.00269. The summed E-state index contributed by atoms with van der Waals surface area (Å²) >= 11 is 1.73. The number of allylic oxidation sites excluding steroid dienone is 5. The summed E-state index contributed by atoms with van der Waals surface area (Å²) in [7, 11) is -0.461. The highest BCUT2D eigenvalue weighted by Crippen LogP contribution is 2.39. The molecule has 36 heavy (non-hydrogen) atoms. The zero-order valence-corrected chi connectivity index (χ0v) is 23.8. The Hall–Kier alpha value is -2.67. The molecule has 0 saturated carbocycles. The molecule has 0 amide bonds. The molecule has 1 heterocycles. The topological polar surface area (TPSA) is 51.6 Å². The van der Waals surface area contributed by atoms with E-state index in [0.29, 0.717) is 6.61 Å². The molecule has 0 spiro atoms. The molecule has 4 rings (SSSR count). The summed E-state index contributed by atoms with van der Waals surface area (Å²) < 4.78 is 12.4. The predicted molar refractivity (Wildman–Crippen MR) is 155 cm³/mol. The SMILES string of the molecule is COc1ccc2nc(C3=CC=C(/C=C/c4ccc(OCCCC(C)(C)[Si](C)(C)O)cc4)CC3)sc2c1. The van der Waals surface area contributed by atoms with Crippen molar-refractivity contribution in [1.82, 2.24) is 4.98 Å². The second-order valence-electron chi connectivity index (χ2n) is 10.6. The minimum atomic E-state index is -2.16. The van der Waals surface area contributed by atoms with E-state index in [2.05, 4.69) is 56.4 Å². The summed E-state index contributed by atoms with van der Waals surface area (Å²) in [6.07, 6.45) is 12.7. The Morgan fingerprint density at radius 2 is 1.78 bits per heavy atom. The second-order valence-corrected chi connectivity index (χ2v) is 16.1. The van der Waals surface area contributed by atoms with Crippen molar-refractivity contribution >= 4 is 41.5 Å². The van der Waals surface area contributed by atoms with Gasteiger partial charge in [0, 0.05) is 0 Å². The van der Waals surface area contributed by atoms with E-state index in [9.17, 15) is 4.80 Å². The van der Waals surface area contributed by atoms with E-state index >= 15 is 0 Å². The molecular weight excluding hydrogens is 482 g/mol. The number of nitrogens with zero attached hydrogens (tertiary/aromatic N) is 1. The van der Waals surface area contributed by atoms with Crippen LogP contribution in [0.25, 0.3) is 21.9 Å². The molecule has 1 aliphatic rings. The van der Waals surface area contributed by atoms with Crippen molar-refractivity contribution in [2.24, 2.45) is 0 Å². The smallest absolute Gasteiger partial charge is 0.188 e. The number of aromatic nitrogens is 1. The lowest BCUT2D eigenvalue weighted by molar-refractivity contribution is 0.294. The third-order valence-corrected chi connectivity index (χ3v) is 11.9. The van der Waals surface area contributed by atoms with Crippen LogP contribution in [-0.2, 0) is 0 Å². The van der Waals surface area contributed by atoms with Gasteiger partial charge in [0.2, 0.25) is 0 Å². The molecule has 0 bridgehead atoms. The van der Waals surface area contributed by atoms with Crippen LogP contribution in [0.2, 0.25) is 18.1 Å². The predicted octanol–water partition coefficient (Wildman–Crippen LogP) is 8.26. The highest BCUT2D eigenvalue weighted by Gasteiger charge is 2.37. The summed E-state index contributed by atoms with van der Waals surface area (Å²) in [5.74, 6) is 1.76. The van der Waals surface area contributed by atoms with Gasteiger partial charge in [-0.2, -0.15) is 0 Å².